The van der Waals surface area contributed by atoms with E-state index in [-0.39, 0.29) is 19.1 Å². The number of nitrogens with one attached hydrogen (secondary N) is 2. The Labute approximate surface area is 166 Å². The molecule has 1 saturated heterocycles. The lowest BCUT2D eigenvalue weighted by atomic mass is 10.0. The van der Waals surface area contributed by atoms with Crippen molar-refractivity contribution in [3.05, 3.63) is 59.1 Å². The minimum absolute atomic E-state index is 0.0339. The molecule has 3 rings (SSSR count). The van der Waals surface area contributed by atoms with Crippen molar-refractivity contribution in [2.75, 3.05) is 19.7 Å². The number of amides is 1. The topological polar surface area (TPSA) is 50.4 Å². The van der Waals surface area contributed by atoms with Crippen LogP contribution in [-0.4, -0.2) is 37.8 Å². The molecule has 0 unspecified atom stereocenters. The van der Waals surface area contributed by atoms with E-state index in [2.05, 4.69) is 10.6 Å². The van der Waals surface area contributed by atoms with Crippen molar-refractivity contribution in [2.24, 2.45) is 0 Å². The van der Waals surface area contributed by atoms with Crippen molar-refractivity contribution in [2.45, 2.75) is 24.7 Å². The molecule has 150 valence electrons. The SMILES string of the molecule is O=C1N[C@H](CNCC(F)(F)F)CCO[C@H]1c1cccc(-c2ccc(Cl)cc2)c1. The van der Waals surface area contributed by atoms with E-state index in [1.807, 2.05) is 30.3 Å². The van der Waals surface area contributed by atoms with E-state index in [1.54, 1.807) is 18.2 Å². The molecule has 0 radical (unpaired) electrons. The summed E-state index contributed by atoms with van der Waals surface area (Å²) in [5.41, 5.74) is 2.56. The maximum atomic E-state index is 12.6. The van der Waals surface area contributed by atoms with Gasteiger partial charge in [-0.05, 0) is 41.3 Å². The molecule has 0 aliphatic carbocycles. The lowest BCUT2D eigenvalue weighted by molar-refractivity contribution is -0.131. The molecule has 28 heavy (non-hydrogen) atoms. The molecule has 1 aliphatic heterocycles. The number of carbonyl (C=O) groups excluding carboxylic acids is 1. The monoisotopic (exact) mass is 412 g/mol. The third-order valence-electron chi connectivity index (χ3n) is 4.42. The number of hydrogen-bond acceptors (Lipinski definition) is 3. The zero-order valence-electron chi connectivity index (χ0n) is 14.9. The van der Waals surface area contributed by atoms with E-state index in [0.29, 0.717) is 17.0 Å². The fourth-order valence-corrected chi connectivity index (χ4v) is 3.19. The van der Waals surface area contributed by atoms with Gasteiger partial charge in [0, 0.05) is 17.6 Å². The lowest BCUT2D eigenvalue weighted by Crippen LogP contribution is -2.44. The summed E-state index contributed by atoms with van der Waals surface area (Å²) in [7, 11) is 0. The fourth-order valence-electron chi connectivity index (χ4n) is 3.07. The summed E-state index contributed by atoms with van der Waals surface area (Å²) in [4.78, 5) is 12.6. The second kappa shape index (κ2) is 8.94. The second-order valence-corrected chi connectivity index (χ2v) is 7.06. The van der Waals surface area contributed by atoms with Gasteiger partial charge in [-0.2, -0.15) is 13.2 Å². The van der Waals surface area contributed by atoms with Gasteiger partial charge in [-0.3, -0.25) is 4.79 Å². The van der Waals surface area contributed by atoms with Crippen LogP contribution in [-0.2, 0) is 9.53 Å². The van der Waals surface area contributed by atoms with Crippen LogP contribution >= 0.6 is 11.6 Å². The van der Waals surface area contributed by atoms with E-state index in [1.165, 1.54) is 0 Å². The summed E-state index contributed by atoms with van der Waals surface area (Å²) in [5, 5.41) is 5.73. The highest BCUT2D eigenvalue weighted by Crippen LogP contribution is 2.27. The minimum Gasteiger partial charge on any atom is -0.364 e. The average molecular weight is 413 g/mol. The number of alkyl halides is 3. The summed E-state index contributed by atoms with van der Waals surface area (Å²) in [6.45, 7) is -0.786. The number of hydrogen-bond donors (Lipinski definition) is 2. The van der Waals surface area contributed by atoms with Crippen LogP contribution in [0.5, 0.6) is 0 Å². The Kier molecular flexibility index (Phi) is 6.59. The molecule has 4 nitrogen and oxygen atoms in total. The Balaban J connectivity index is 1.68. The molecule has 1 heterocycles. The normalized spacial score (nSPS) is 20.5. The Morgan fingerprint density at radius 1 is 1.14 bits per heavy atom. The van der Waals surface area contributed by atoms with Crippen LogP contribution in [0.15, 0.2) is 48.5 Å². The first-order valence-corrected chi connectivity index (χ1v) is 9.25. The van der Waals surface area contributed by atoms with E-state index in [9.17, 15) is 18.0 Å². The van der Waals surface area contributed by atoms with Gasteiger partial charge in [0.1, 0.15) is 0 Å². The van der Waals surface area contributed by atoms with Gasteiger partial charge in [0.15, 0.2) is 6.10 Å². The molecule has 0 saturated carbocycles. The molecular weight excluding hydrogens is 393 g/mol. The van der Waals surface area contributed by atoms with Crippen LogP contribution in [0.2, 0.25) is 5.02 Å². The number of halogens is 4. The maximum Gasteiger partial charge on any atom is 0.401 e. The molecule has 2 N–H and O–H groups in total. The van der Waals surface area contributed by atoms with Gasteiger partial charge >= 0.3 is 6.18 Å². The minimum atomic E-state index is -4.28. The van der Waals surface area contributed by atoms with Gasteiger partial charge in [-0.25, -0.2) is 0 Å². The van der Waals surface area contributed by atoms with Crippen LogP contribution < -0.4 is 10.6 Å². The maximum absolute atomic E-state index is 12.6. The number of benzene rings is 2. The summed E-state index contributed by atoms with van der Waals surface area (Å²) in [5.74, 6) is -0.357. The van der Waals surface area contributed by atoms with Crippen molar-refractivity contribution in [3.8, 4) is 11.1 Å². The quantitative estimate of drug-likeness (QED) is 0.777. The Morgan fingerprint density at radius 3 is 2.61 bits per heavy atom. The van der Waals surface area contributed by atoms with Gasteiger partial charge in [-0.1, -0.05) is 41.9 Å². The predicted octanol–water partition coefficient (Wildman–Crippen LogP) is 4.11. The molecule has 1 fully saturated rings. The Bertz CT molecular complexity index is 812. The van der Waals surface area contributed by atoms with E-state index in [0.717, 1.165) is 11.1 Å². The lowest BCUT2D eigenvalue weighted by Gasteiger charge is -2.18. The first kappa shape index (κ1) is 20.6. The molecule has 1 amide bonds. The zero-order chi connectivity index (χ0) is 20.1. The highest BCUT2D eigenvalue weighted by Gasteiger charge is 2.30. The smallest absolute Gasteiger partial charge is 0.364 e. The van der Waals surface area contributed by atoms with Crippen LogP contribution in [0, 0.1) is 0 Å². The molecular formula is C20H20ClF3N2O2. The van der Waals surface area contributed by atoms with Gasteiger partial charge in [0.05, 0.1) is 13.2 Å². The number of rotatable bonds is 5. The third-order valence-corrected chi connectivity index (χ3v) is 4.67. The number of carbonyl (C=O) groups is 1. The highest BCUT2D eigenvalue weighted by molar-refractivity contribution is 6.30. The molecule has 2 aromatic rings. The van der Waals surface area contributed by atoms with Crippen molar-refractivity contribution >= 4 is 17.5 Å². The van der Waals surface area contributed by atoms with Crippen molar-refractivity contribution in [1.29, 1.82) is 0 Å². The fraction of sp³-hybridized carbons (Fsp3) is 0.350. The predicted molar refractivity (Wildman–Crippen MR) is 101 cm³/mol. The van der Waals surface area contributed by atoms with Gasteiger partial charge in [0.2, 0.25) is 0 Å². The molecule has 0 spiro atoms. The van der Waals surface area contributed by atoms with Crippen molar-refractivity contribution in [1.82, 2.24) is 10.6 Å². The Morgan fingerprint density at radius 2 is 1.89 bits per heavy atom. The van der Waals surface area contributed by atoms with E-state index in [4.69, 9.17) is 16.3 Å². The first-order chi connectivity index (χ1) is 13.3. The molecule has 8 heteroatoms. The van der Waals surface area contributed by atoms with Crippen LogP contribution in [0.3, 0.4) is 0 Å². The largest absolute Gasteiger partial charge is 0.401 e. The van der Waals surface area contributed by atoms with Crippen LogP contribution in [0.4, 0.5) is 13.2 Å². The molecule has 1 aliphatic rings. The van der Waals surface area contributed by atoms with Crippen LogP contribution in [0.1, 0.15) is 18.1 Å². The summed E-state index contributed by atoms with van der Waals surface area (Å²) in [6.07, 6.45) is -4.65. The second-order valence-electron chi connectivity index (χ2n) is 6.62. The highest BCUT2D eigenvalue weighted by atomic mass is 35.5. The molecule has 2 aromatic carbocycles. The Hall–Kier alpha value is -2.09. The van der Waals surface area contributed by atoms with Crippen LogP contribution in [0.25, 0.3) is 11.1 Å². The summed E-state index contributed by atoms with van der Waals surface area (Å²) >= 11 is 5.92. The standard InChI is InChI=1S/C20H20ClF3N2O2/c21-16-6-4-13(5-7-16)14-2-1-3-15(10-14)18-19(27)26-17(8-9-28-18)11-25-12-20(22,23)24/h1-7,10,17-18,25H,8-9,11-12H2,(H,26,27)/t17-,18-/m0/s1. The van der Waals surface area contributed by atoms with Gasteiger partial charge < -0.3 is 15.4 Å². The van der Waals surface area contributed by atoms with Gasteiger partial charge in [-0.15, -0.1) is 0 Å². The molecule has 0 aromatic heterocycles. The van der Waals surface area contributed by atoms with Gasteiger partial charge in [0.25, 0.3) is 5.91 Å². The van der Waals surface area contributed by atoms with E-state index >= 15 is 0 Å². The molecule has 0 bridgehead atoms. The summed E-state index contributed by atoms with van der Waals surface area (Å²) in [6, 6.07) is 14.4. The number of ether oxygens (including phenoxy) is 1. The molecule has 2 atom stereocenters. The van der Waals surface area contributed by atoms with Crippen molar-refractivity contribution < 1.29 is 22.7 Å². The van der Waals surface area contributed by atoms with E-state index < -0.39 is 24.9 Å². The first-order valence-electron chi connectivity index (χ1n) is 8.87. The summed E-state index contributed by atoms with van der Waals surface area (Å²) < 4.78 is 42.5. The van der Waals surface area contributed by atoms with Crippen molar-refractivity contribution in [3.63, 3.8) is 0 Å². The zero-order valence-corrected chi connectivity index (χ0v) is 15.7. The third kappa shape index (κ3) is 5.70. The average Bonchev–Trinajstić information content (AvgIpc) is 2.82.